The van der Waals surface area contributed by atoms with Crippen LogP contribution in [0.25, 0.3) is 22.5 Å². The van der Waals surface area contributed by atoms with E-state index in [2.05, 4.69) is 120 Å². The lowest BCUT2D eigenvalue weighted by Crippen LogP contribution is -2.19. The van der Waals surface area contributed by atoms with Gasteiger partial charge >= 0.3 is 0 Å². The van der Waals surface area contributed by atoms with E-state index in [9.17, 15) is 0 Å². The van der Waals surface area contributed by atoms with Crippen molar-refractivity contribution in [1.82, 2.24) is 9.78 Å². The molecule has 0 bridgehead atoms. The third-order valence-electron chi connectivity index (χ3n) is 6.61. The van der Waals surface area contributed by atoms with Gasteiger partial charge in [-0.15, -0.1) is 0 Å². The van der Waals surface area contributed by atoms with E-state index in [4.69, 9.17) is 10.1 Å². The Labute approximate surface area is 213 Å². The van der Waals surface area contributed by atoms with E-state index in [-0.39, 0.29) is 0 Å². The van der Waals surface area contributed by atoms with Gasteiger partial charge in [-0.05, 0) is 62.9 Å². The molecule has 3 heteroatoms. The first-order chi connectivity index (χ1) is 17.4. The fourth-order valence-electron chi connectivity index (χ4n) is 4.94. The molecule has 0 amide bonds. The summed E-state index contributed by atoms with van der Waals surface area (Å²) in [7, 11) is 0. The number of nitrogens with zero attached hydrogens (tertiary/aromatic N) is 3. The zero-order valence-corrected chi connectivity index (χ0v) is 21.6. The van der Waals surface area contributed by atoms with Gasteiger partial charge < -0.3 is 0 Å². The summed E-state index contributed by atoms with van der Waals surface area (Å²) in [6, 6.07) is 33.7. The second-order valence-corrected chi connectivity index (χ2v) is 9.51. The van der Waals surface area contributed by atoms with Gasteiger partial charge in [0.05, 0.1) is 17.1 Å². The number of hydrogen-bond donors (Lipinski definition) is 0. The average Bonchev–Trinajstić information content (AvgIpc) is 3.31. The van der Waals surface area contributed by atoms with Crippen LogP contribution in [0.5, 0.6) is 0 Å². The molecule has 3 nitrogen and oxygen atoms in total. The summed E-state index contributed by atoms with van der Waals surface area (Å²) >= 11 is 0. The number of hydrogen-bond acceptors (Lipinski definition) is 2. The fourth-order valence-corrected chi connectivity index (χ4v) is 4.94. The van der Waals surface area contributed by atoms with Crippen LogP contribution < -0.4 is 0 Å². The van der Waals surface area contributed by atoms with Crippen molar-refractivity contribution in [2.24, 2.45) is 4.99 Å². The van der Waals surface area contributed by atoms with Crippen LogP contribution >= 0.6 is 0 Å². The zero-order valence-electron chi connectivity index (χ0n) is 21.6. The lowest BCUT2D eigenvalue weighted by Gasteiger charge is -2.18. The van der Waals surface area contributed by atoms with Crippen LogP contribution in [0.2, 0.25) is 0 Å². The summed E-state index contributed by atoms with van der Waals surface area (Å²) in [5.74, 6) is 0.837. The van der Waals surface area contributed by atoms with E-state index in [1.54, 1.807) is 0 Å². The molecule has 1 heterocycles. The highest BCUT2D eigenvalue weighted by molar-refractivity contribution is 6.06. The van der Waals surface area contributed by atoms with Gasteiger partial charge in [0.25, 0.3) is 0 Å². The highest BCUT2D eigenvalue weighted by Crippen LogP contribution is 2.31. The number of aryl methyl sites for hydroxylation is 5. The smallest absolute Gasteiger partial charge is 0.162 e. The second kappa shape index (κ2) is 9.79. The zero-order chi connectivity index (χ0) is 25.2. The first-order valence-corrected chi connectivity index (χ1v) is 12.4. The van der Waals surface area contributed by atoms with Crippen LogP contribution in [0, 0.1) is 34.6 Å². The Balaban J connectivity index is 1.86. The highest BCUT2D eigenvalue weighted by atomic mass is 15.3. The molecule has 0 spiro atoms. The Bertz CT molecular complexity index is 1510. The SMILES string of the molecule is Cc1cc(C)c(C(=Nc2c(C)cccc2C)n2nc(-c3ccccc3)cc2-c2ccccc2)c(C)c1. The molecule has 5 aromatic rings. The molecule has 0 radical (unpaired) electrons. The van der Waals surface area contributed by atoms with E-state index in [0.29, 0.717) is 0 Å². The van der Waals surface area contributed by atoms with E-state index in [1.165, 1.54) is 16.7 Å². The van der Waals surface area contributed by atoms with Crippen molar-refractivity contribution in [2.45, 2.75) is 34.6 Å². The first kappa shape index (κ1) is 23.5. The maximum absolute atomic E-state index is 5.36. The van der Waals surface area contributed by atoms with Gasteiger partial charge in [0.2, 0.25) is 0 Å². The van der Waals surface area contributed by atoms with E-state index < -0.39 is 0 Å². The van der Waals surface area contributed by atoms with Crippen LogP contribution in [0.4, 0.5) is 5.69 Å². The molecule has 4 aromatic carbocycles. The minimum atomic E-state index is 0.837. The van der Waals surface area contributed by atoms with Crippen molar-refractivity contribution in [3.05, 3.63) is 130 Å². The molecule has 0 aliphatic heterocycles. The second-order valence-electron chi connectivity index (χ2n) is 9.51. The monoisotopic (exact) mass is 469 g/mol. The predicted molar refractivity (Wildman–Crippen MR) is 151 cm³/mol. The molecule has 1 aromatic heterocycles. The molecule has 178 valence electrons. The lowest BCUT2D eigenvalue weighted by molar-refractivity contribution is 0.939. The topological polar surface area (TPSA) is 30.2 Å². The molecule has 0 saturated heterocycles. The predicted octanol–water partition coefficient (Wildman–Crippen LogP) is 8.39. The van der Waals surface area contributed by atoms with Crippen molar-refractivity contribution in [3.8, 4) is 22.5 Å². The molecule has 0 N–H and O–H groups in total. The number of aromatic nitrogens is 2. The third kappa shape index (κ3) is 4.52. The Hall–Kier alpha value is -4.24. The largest absolute Gasteiger partial charge is 0.228 e. The quantitative estimate of drug-likeness (QED) is 0.192. The van der Waals surface area contributed by atoms with Crippen LogP contribution in [-0.2, 0) is 0 Å². The van der Waals surface area contributed by atoms with Crippen molar-refractivity contribution in [2.75, 3.05) is 0 Å². The van der Waals surface area contributed by atoms with Crippen molar-refractivity contribution >= 4 is 11.5 Å². The van der Waals surface area contributed by atoms with Gasteiger partial charge in [0, 0.05) is 16.7 Å². The van der Waals surface area contributed by atoms with Crippen molar-refractivity contribution in [3.63, 3.8) is 0 Å². The molecule has 0 saturated carbocycles. The Morgan fingerprint density at radius 3 is 1.75 bits per heavy atom. The van der Waals surface area contributed by atoms with Gasteiger partial charge in [0.15, 0.2) is 5.84 Å². The van der Waals surface area contributed by atoms with Crippen LogP contribution in [-0.4, -0.2) is 15.6 Å². The van der Waals surface area contributed by atoms with E-state index in [1.807, 2.05) is 16.8 Å². The van der Waals surface area contributed by atoms with Gasteiger partial charge in [-0.1, -0.05) is 96.6 Å². The summed E-state index contributed by atoms with van der Waals surface area (Å²) in [5.41, 5.74) is 12.1. The fraction of sp³-hybridized carbons (Fsp3) is 0.152. The lowest BCUT2D eigenvalue weighted by atomic mass is 9.98. The Kier molecular flexibility index (Phi) is 6.39. The van der Waals surface area contributed by atoms with Crippen molar-refractivity contribution in [1.29, 1.82) is 0 Å². The summed E-state index contributed by atoms with van der Waals surface area (Å²) in [6.45, 7) is 10.7. The van der Waals surface area contributed by atoms with E-state index in [0.717, 1.165) is 50.7 Å². The van der Waals surface area contributed by atoms with Crippen LogP contribution in [0.15, 0.2) is 102 Å². The summed E-state index contributed by atoms with van der Waals surface area (Å²) in [4.78, 5) is 5.36. The van der Waals surface area contributed by atoms with E-state index >= 15 is 0 Å². The molecule has 5 rings (SSSR count). The minimum Gasteiger partial charge on any atom is -0.228 e. The molecule has 36 heavy (non-hydrogen) atoms. The minimum absolute atomic E-state index is 0.837. The normalized spacial score (nSPS) is 11.6. The number of para-hydroxylation sites is 1. The molecule has 0 fully saturated rings. The number of aliphatic imine (C=N–C) groups is 1. The maximum Gasteiger partial charge on any atom is 0.162 e. The van der Waals surface area contributed by atoms with Gasteiger partial charge in [-0.2, -0.15) is 5.10 Å². The molecular weight excluding hydrogens is 438 g/mol. The molecular formula is C33H31N3. The molecule has 0 atom stereocenters. The standard InChI is InChI=1S/C33H31N3/c1-22-19-25(4)31(26(5)20-22)33(34-32-23(2)13-12-14-24(32)3)36-30(28-17-10-7-11-18-28)21-29(35-36)27-15-8-6-9-16-27/h6-21H,1-5H3. The molecule has 0 aliphatic carbocycles. The summed E-state index contributed by atoms with van der Waals surface area (Å²) < 4.78 is 2.04. The van der Waals surface area contributed by atoms with Crippen LogP contribution in [0.1, 0.15) is 33.4 Å². The number of rotatable bonds is 4. The van der Waals surface area contributed by atoms with Crippen molar-refractivity contribution < 1.29 is 0 Å². The van der Waals surface area contributed by atoms with Crippen LogP contribution in [0.3, 0.4) is 0 Å². The Morgan fingerprint density at radius 2 is 1.17 bits per heavy atom. The molecule has 0 unspecified atom stereocenters. The maximum atomic E-state index is 5.36. The molecule has 0 aliphatic rings. The Morgan fingerprint density at radius 1 is 0.611 bits per heavy atom. The first-order valence-electron chi connectivity index (χ1n) is 12.4. The summed E-state index contributed by atoms with van der Waals surface area (Å²) in [5, 5.41) is 5.18. The van der Waals surface area contributed by atoms with Gasteiger partial charge in [-0.25, -0.2) is 9.67 Å². The summed E-state index contributed by atoms with van der Waals surface area (Å²) in [6.07, 6.45) is 0. The number of benzene rings is 4. The van der Waals surface area contributed by atoms with Gasteiger partial charge in [-0.3, -0.25) is 0 Å². The average molecular weight is 470 g/mol. The highest BCUT2D eigenvalue weighted by Gasteiger charge is 2.21. The van der Waals surface area contributed by atoms with Gasteiger partial charge in [0.1, 0.15) is 0 Å². The third-order valence-corrected chi connectivity index (χ3v) is 6.61.